The van der Waals surface area contributed by atoms with Crippen molar-refractivity contribution in [3.8, 4) is 10.4 Å². The van der Waals surface area contributed by atoms with Crippen molar-refractivity contribution >= 4 is 29.1 Å². The van der Waals surface area contributed by atoms with Crippen LogP contribution in [0, 0.1) is 18.7 Å². The normalized spacial score (nSPS) is 19.5. The van der Waals surface area contributed by atoms with Crippen LogP contribution in [0.15, 0.2) is 48.0 Å². The smallest absolute Gasteiger partial charge is 0.255 e. The number of aliphatic hydroxyl groups is 1. The lowest BCUT2D eigenvalue weighted by Crippen LogP contribution is -2.55. The minimum absolute atomic E-state index is 0.00756. The summed E-state index contributed by atoms with van der Waals surface area (Å²) in [7, 11) is 0. The Labute approximate surface area is 230 Å². The van der Waals surface area contributed by atoms with Crippen molar-refractivity contribution in [1.82, 2.24) is 20.1 Å². The van der Waals surface area contributed by atoms with Gasteiger partial charge in [-0.2, -0.15) is 0 Å². The van der Waals surface area contributed by atoms with Crippen LogP contribution in [0.2, 0.25) is 0 Å². The summed E-state index contributed by atoms with van der Waals surface area (Å²) < 4.78 is 14.9. The lowest BCUT2D eigenvalue weighted by Gasteiger charge is -2.35. The zero-order valence-electron chi connectivity index (χ0n) is 22.1. The summed E-state index contributed by atoms with van der Waals surface area (Å²) in [5, 5.41) is 13.1. The largest absolute Gasteiger partial charge is 0.391 e. The highest BCUT2D eigenvalue weighted by atomic mass is 32.1. The molecule has 1 aromatic heterocycles. The Morgan fingerprint density at radius 1 is 1.23 bits per heavy atom. The minimum Gasteiger partial charge on any atom is -0.391 e. The lowest BCUT2D eigenvalue weighted by atomic mass is 10.0. The van der Waals surface area contributed by atoms with Crippen LogP contribution in [0.4, 0.5) is 4.39 Å². The van der Waals surface area contributed by atoms with E-state index in [9.17, 15) is 23.9 Å². The van der Waals surface area contributed by atoms with Crippen LogP contribution in [0.1, 0.15) is 47.4 Å². The summed E-state index contributed by atoms with van der Waals surface area (Å²) in [5.74, 6) is -1.73. The number of hydrogen-bond donors (Lipinski definition) is 2. The number of benzene rings is 2. The van der Waals surface area contributed by atoms with Gasteiger partial charge in [0.2, 0.25) is 11.8 Å². The first-order valence-corrected chi connectivity index (χ1v) is 13.9. The predicted molar refractivity (Wildman–Crippen MR) is 145 cm³/mol. The van der Waals surface area contributed by atoms with E-state index >= 15 is 0 Å². The van der Waals surface area contributed by atoms with E-state index in [0.717, 1.165) is 21.7 Å². The molecule has 2 aliphatic heterocycles. The summed E-state index contributed by atoms with van der Waals surface area (Å²) >= 11 is 1.43. The van der Waals surface area contributed by atoms with Crippen molar-refractivity contribution in [1.29, 1.82) is 0 Å². The molecule has 2 N–H and O–H groups in total. The molecule has 1 fully saturated rings. The molecule has 0 aliphatic carbocycles. The van der Waals surface area contributed by atoms with Crippen molar-refractivity contribution in [3.63, 3.8) is 0 Å². The quantitative estimate of drug-likeness (QED) is 0.469. The maximum absolute atomic E-state index is 14.9. The Morgan fingerprint density at radius 2 is 2.00 bits per heavy atom. The average molecular weight is 551 g/mol. The summed E-state index contributed by atoms with van der Waals surface area (Å²) in [4.78, 5) is 48.2. The number of hydrogen-bond acceptors (Lipinski definition) is 6. The number of nitrogens with zero attached hydrogens (tertiary/aromatic N) is 3. The number of aryl methyl sites for hydroxylation is 1. The second-order valence-electron chi connectivity index (χ2n) is 10.5. The van der Waals surface area contributed by atoms with Gasteiger partial charge >= 0.3 is 0 Å². The summed E-state index contributed by atoms with van der Waals surface area (Å²) in [5.41, 5.74) is 5.00. The predicted octanol–water partition coefficient (Wildman–Crippen LogP) is 3.52. The highest BCUT2D eigenvalue weighted by Crippen LogP contribution is 2.31. The van der Waals surface area contributed by atoms with E-state index in [1.165, 1.54) is 22.3 Å². The molecule has 3 atom stereocenters. The number of β-amino-alcohol motifs (C(OH)–C–C–N with tert-alkyl or cyclic N) is 1. The number of thiazole rings is 1. The molecule has 3 aromatic rings. The molecule has 3 heterocycles. The van der Waals surface area contributed by atoms with Gasteiger partial charge in [-0.1, -0.05) is 44.2 Å². The molecular formula is C29H31FN4O4S. The molecule has 1 saturated heterocycles. The van der Waals surface area contributed by atoms with Gasteiger partial charge in [0.1, 0.15) is 17.9 Å². The van der Waals surface area contributed by atoms with Crippen LogP contribution < -0.4 is 5.32 Å². The van der Waals surface area contributed by atoms with E-state index in [0.29, 0.717) is 17.7 Å². The van der Waals surface area contributed by atoms with Crippen molar-refractivity contribution < 1.29 is 23.9 Å². The Bertz CT molecular complexity index is 1420. The number of aromatic nitrogens is 1. The van der Waals surface area contributed by atoms with Crippen LogP contribution in [0.3, 0.4) is 0 Å². The number of carbonyl (C=O) groups is 3. The van der Waals surface area contributed by atoms with E-state index in [4.69, 9.17) is 0 Å². The molecule has 0 unspecified atom stereocenters. The molecule has 5 rings (SSSR count). The number of halogens is 1. The van der Waals surface area contributed by atoms with E-state index in [2.05, 4.69) is 10.3 Å². The SMILES string of the molecule is Cc1ncsc1-c1ccc(CNC(=O)[C@@H]2C[C@@H](O)CN2C(=O)[C@H](C(C)C)N2Cc3ccccc3C2=O)c(F)c1. The number of amides is 3. The fraction of sp³-hybridized carbons (Fsp3) is 0.379. The van der Waals surface area contributed by atoms with Gasteiger partial charge in [-0.15, -0.1) is 11.3 Å². The van der Waals surface area contributed by atoms with Crippen molar-refractivity contribution in [2.45, 2.75) is 58.5 Å². The molecular weight excluding hydrogens is 519 g/mol. The standard InChI is InChI=1S/C29H31FN4O4S/c1-16(2)25(34-13-20-6-4-5-7-22(20)28(34)37)29(38)33-14-21(35)11-24(33)27(36)31-12-19-9-8-18(10-23(19)30)26-17(3)32-15-39-26/h4-10,15-16,21,24-25,35H,11-14H2,1-3H3,(H,31,36)/t21-,24+,25+/m1/s1. The third kappa shape index (κ3) is 5.18. The first-order valence-electron chi connectivity index (χ1n) is 13.0. The Kier molecular flexibility index (Phi) is 7.51. The first-order chi connectivity index (χ1) is 18.7. The third-order valence-corrected chi connectivity index (χ3v) is 8.43. The molecule has 2 aliphatic rings. The molecule has 10 heteroatoms. The number of aliphatic hydroxyl groups excluding tert-OH is 1. The zero-order valence-corrected chi connectivity index (χ0v) is 22.9. The zero-order chi connectivity index (χ0) is 27.8. The fourth-order valence-corrected chi connectivity index (χ4v) is 6.27. The molecule has 2 aromatic carbocycles. The van der Waals surface area contributed by atoms with Gasteiger partial charge in [-0.25, -0.2) is 9.37 Å². The van der Waals surface area contributed by atoms with E-state index in [1.54, 1.807) is 34.7 Å². The summed E-state index contributed by atoms with van der Waals surface area (Å²) in [6, 6.07) is 10.4. The summed E-state index contributed by atoms with van der Waals surface area (Å²) in [6.45, 7) is 5.83. The van der Waals surface area contributed by atoms with Crippen molar-refractivity contribution in [2.24, 2.45) is 5.92 Å². The van der Waals surface area contributed by atoms with Crippen LogP contribution in [-0.2, 0) is 22.7 Å². The topological polar surface area (TPSA) is 103 Å². The maximum atomic E-state index is 14.9. The maximum Gasteiger partial charge on any atom is 0.255 e. The van der Waals surface area contributed by atoms with Gasteiger partial charge in [0.25, 0.3) is 5.91 Å². The van der Waals surface area contributed by atoms with Crippen molar-refractivity contribution in [3.05, 3.63) is 76.2 Å². The third-order valence-electron chi connectivity index (χ3n) is 7.45. The summed E-state index contributed by atoms with van der Waals surface area (Å²) in [6.07, 6.45) is -0.800. The van der Waals surface area contributed by atoms with Gasteiger partial charge in [0, 0.05) is 37.2 Å². The molecule has 0 bridgehead atoms. The molecule has 0 radical (unpaired) electrons. The van der Waals surface area contributed by atoms with E-state index in [1.807, 2.05) is 32.9 Å². The molecule has 3 amide bonds. The van der Waals surface area contributed by atoms with Gasteiger partial charge in [0.05, 0.1) is 22.2 Å². The number of nitrogens with one attached hydrogen (secondary N) is 1. The molecule has 8 nitrogen and oxygen atoms in total. The molecule has 0 saturated carbocycles. The number of fused-ring (bicyclic) bond motifs is 1. The Morgan fingerprint density at radius 3 is 2.67 bits per heavy atom. The first kappa shape index (κ1) is 27.0. The molecule has 204 valence electrons. The highest BCUT2D eigenvalue weighted by molar-refractivity contribution is 7.13. The minimum atomic E-state index is -0.920. The van der Waals surface area contributed by atoms with Crippen LogP contribution in [0.5, 0.6) is 0 Å². The Balaban J connectivity index is 1.29. The van der Waals surface area contributed by atoms with Crippen LogP contribution >= 0.6 is 11.3 Å². The Hall–Kier alpha value is -3.63. The molecule has 0 spiro atoms. The lowest BCUT2D eigenvalue weighted by molar-refractivity contribution is -0.143. The van der Waals surface area contributed by atoms with E-state index in [-0.39, 0.29) is 37.2 Å². The van der Waals surface area contributed by atoms with Crippen molar-refractivity contribution in [2.75, 3.05) is 6.54 Å². The number of rotatable bonds is 7. The van der Waals surface area contributed by atoms with Gasteiger partial charge in [-0.05, 0) is 36.1 Å². The van der Waals surface area contributed by atoms with Crippen LogP contribution in [0.25, 0.3) is 10.4 Å². The monoisotopic (exact) mass is 550 g/mol. The second-order valence-corrected chi connectivity index (χ2v) is 11.3. The number of likely N-dealkylation sites (tertiary alicyclic amines) is 1. The number of carbonyl (C=O) groups excluding carboxylic acids is 3. The highest BCUT2D eigenvalue weighted by Gasteiger charge is 2.45. The fourth-order valence-electron chi connectivity index (χ4n) is 5.47. The average Bonchev–Trinajstić information content (AvgIpc) is 3.60. The van der Waals surface area contributed by atoms with E-state index < -0.39 is 29.9 Å². The van der Waals surface area contributed by atoms with Crippen LogP contribution in [-0.4, -0.2) is 62.3 Å². The molecule has 39 heavy (non-hydrogen) atoms. The van der Waals surface area contributed by atoms with Gasteiger partial charge < -0.3 is 20.2 Å². The van der Waals surface area contributed by atoms with Gasteiger partial charge in [-0.3, -0.25) is 14.4 Å². The van der Waals surface area contributed by atoms with Gasteiger partial charge in [0.15, 0.2) is 0 Å². The second kappa shape index (κ2) is 10.9.